The molecule has 0 aliphatic rings. The van der Waals surface area contributed by atoms with Crippen molar-refractivity contribution in [2.75, 3.05) is 26.6 Å². The van der Waals surface area contributed by atoms with Crippen molar-refractivity contribution in [3.63, 3.8) is 0 Å². The van der Waals surface area contributed by atoms with Crippen LogP contribution in [0.4, 0.5) is 10.3 Å². The van der Waals surface area contributed by atoms with Gasteiger partial charge in [-0.3, -0.25) is 0 Å². The number of ether oxygens (including phenoxy) is 2. The van der Waals surface area contributed by atoms with Gasteiger partial charge >= 0.3 is 0 Å². The molecule has 104 valence electrons. The molecule has 0 saturated heterocycles. The van der Waals surface area contributed by atoms with Gasteiger partial charge in [0.05, 0.1) is 35.3 Å². The minimum Gasteiger partial charge on any atom is -0.382 e. The number of anilines is 1. The van der Waals surface area contributed by atoms with Gasteiger partial charge < -0.3 is 19.8 Å². The summed E-state index contributed by atoms with van der Waals surface area (Å²) in [6, 6.07) is 2.78. The zero-order valence-electron chi connectivity index (χ0n) is 10.7. The van der Waals surface area contributed by atoms with Crippen molar-refractivity contribution >= 4 is 28.6 Å². The number of rotatable bonds is 5. The maximum atomic E-state index is 13.5. The lowest BCUT2D eigenvalue weighted by atomic mass is 10.3. The van der Waals surface area contributed by atoms with Crippen LogP contribution >= 0.6 is 11.6 Å². The molecule has 1 heterocycles. The SMILES string of the molecule is COCC(Cn1c(N)nc2cc(Cl)c(F)cc21)OC. The van der Waals surface area contributed by atoms with E-state index in [4.69, 9.17) is 26.8 Å². The van der Waals surface area contributed by atoms with Gasteiger partial charge in [0.2, 0.25) is 5.95 Å². The molecule has 5 nitrogen and oxygen atoms in total. The molecule has 19 heavy (non-hydrogen) atoms. The maximum absolute atomic E-state index is 13.5. The molecule has 0 aliphatic carbocycles. The van der Waals surface area contributed by atoms with E-state index in [1.54, 1.807) is 18.8 Å². The number of halogens is 2. The van der Waals surface area contributed by atoms with Gasteiger partial charge in [-0.25, -0.2) is 9.37 Å². The zero-order valence-corrected chi connectivity index (χ0v) is 11.4. The van der Waals surface area contributed by atoms with Crippen LogP contribution in [0.5, 0.6) is 0 Å². The first-order valence-corrected chi connectivity index (χ1v) is 6.07. The van der Waals surface area contributed by atoms with E-state index in [-0.39, 0.29) is 17.1 Å². The van der Waals surface area contributed by atoms with Gasteiger partial charge in [0.1, 0.15) is 5.82 Å². The highest BCUT2D eigenvalue weighted by Crippen LogP contribution is 2.25. The van der Waals surface area contributed by atoms with Crippen molar-refractivity contribution in [1.29, 1.82) is 0 Å². The topological polar surface area (TPSA) is 62.3 Å². The molecule has 1 atom stereocenters. The molecule has 0 fully saturated rings. The van der Waals surface area contributed by atoms with Gasteiger partial charge in [0.15, 0.2) is 0 Å². The Bertz CT molecular complexity index is 588. The molecule has 0 amide bonds. The third-order valence-corrected chi connectivity index (χ3v) is 3.18. The van der Waals surface area contributed by atoms with Crippen molar-refractivity contribution in [2.45, 2.75) is 12.6 Å². The highest BCUT2D eigenvalue weighted by atomic mass is 35.5. The summed E-state index contributed by atoms with van der Waals surface area (Å²) < 4.78 is 25.5. The van der Waals surface area contributed by atoms with Crippen LogP contribution in [-0.2, 0) is 16.0 Å². The molecule has 0 bridgehead atoms. The van der Waals surface area contributed by atoms with Crippen LogP contribution in [-0.4, -0.2) is 36.5 Å². The van der Waals surface area contributed by atoms with Crippen LogP contribution in [0.3, 0.4) is 0 Å². The molecule has 2 N–H and O–H groups in total. The maximum Gasteiger partial charge on any atom is 0.201 e. The van der Waals surface area contributed by atoms with Crippen LogP contribution in [0.25, 0.3) is 11.0 Å². The molecule has 1 unspecified atom stereocenters. The van der Waals surface area contributed by atoms with Crippen molar-refractivity contribution in [1.82, 2.24) is 9.55 Å². The molecule has 0 radical (unpaired) electrons. The van der Waals surface area contributed by atoms with Crippen molar-refractivity contribution < 1.29 is 13.9 Å². The average Bonchev–Trinajstić information content (AvgIpc) is 2.66. The first-order chi connectivity index (χ1) is 9.06. The van der Waals surface area contributed by atoms with E-state index in [1.807, 2.05) is 0 Å². The number of aromatic nitrogens is 2. The lowest BCUT2D eigenvalue weighted by molar-refractivity contribution is 0.0193. The van der Waals surface area contributed by atoms with Gasteiger partial charge in [-0.2, -0.15) is 0 Å². The fraction of sp³-hybridized carbons (Fsp3) is 0.417. The first kappa shape index (κ1) is 14.0. The fourth-order valence-electron chi connectivity index (χ4n) is 1.92. The van der Waals surface area contributed by atoms with E-state index < -0.39 is 5.82 Å². The standard InChI is InChI=1S/C12H15ClFN3O2/c1-18-6-7(19-2)5-17-11-4-9(14)8(13)3-10(11)16-12(17)15/h3-4,7H,5-6H2,1-2H3,(H2,15,16). The summed E-state index contributed by atoms with van der Waals surface area (Å²) in [5, 5.41) is 0.0253. The monoisotopic (exact) mass is 287 g/mol. The third-order valence-electron chi connectivity index (χ3n) is 2.89. The molecule has 2 rings (SSSR count). The van der Waals surface area contributed by atoms with E-state index >= 15 is 0 Å². The molecule has 1 aromatic carbocycles. The number of methoxy groups -OCH3 is 2. The van der Waals surface area contributed by atoms with Crippen molar-refractivity contribution in [3.05, 3.63) is 23.0 Å². The highest BCUT2D eigenvalue weighted by molar-refractivity contribution is 6.31. The van der Waals surface area contributed by atoms with Crippen LogP contribution in [0.1, 0.15) is 0 Å². The summed E-state index contributed by atoms with van der Waals surface area (Å²) in [6.45, 7) is 0.833. The normalized spacial score (nSPS) is 13.1. The molecule has 1 aromatic heterocycles. The van der Waals surface area contributed by atoms with Crippen LogP contribution in [0.2, 0.25) is 5.02 Å². The number of nitrogens with two attached hydrogens (primary N) is 1. The quantitative estimate of drug-likeness (QED) is 0.914. The summed E-state index contributed by atoms with van der Waals surface area (Å²) in [7, 11) is 3.16. The van der Waals surface area contributed by atoms with E-state index in [9.17, 15) is 4.39 Å². The Hall–Kier alpha value is -1.37. The Morgan fingerprint density at radius 3 is 2.84 bits per heavy atom. The first-order valence-electron chi connectivity index (χ1n) is 5.69. The summed E-state index contributed by atoms with van der Waals surface area (Å²) in [5.74, 6) is -0.217. The van der Waals surface area contributed by atoms with Crippen molar-refractivity contribution in [3.8, 4) is 0 Å². The van der Waals surface area contributed by atoms with Gasteiger partial charge in [0.25, 0.3) is 0 Å². The Labute approximate surface area is 115 Å². The largest absolute Gasteiger partial charge is 0.382 e. The van der Waals surface area contributed by atoms with Crippen LogP contribution in [0.15, 0.2) is 12.1 Å². The molecule has 7 heteroatoms. The van der Waals surface area contributed by atoms with E-state index in [2.05, 4.69) is 4.98 Å². The van der Waals surface area contributed by atoms with Crippen molar-refractivity contribution in [2.24, 2.45) is 0 Å². The van der Waals surface area contributed by atoms with Crippen LogP contribution < -0.4 is 5.73 Å². The second-order valence-electron chi connectivity index (χ2n) is 4.15. The molecule has 2 aromatic rings. The second-order valence-corrected chi connectivity index (χ2v) is 4.56. The Morgan fingerprint density at radius 2 is 2.21 bits per heavy atom. The van der Waals surface area contributed by atoms with Gasteiger partial charge in [-0.05, 0) is 6.07 Å². The fourth-order valence-corrected chi connectivity index (χ4v) is 2.07. The minimum absolute atomic E-state index is 0.0253. The lowest BCUT2D eigenvalue weighted by Crippen LogP contribution is -2.24. The number of benzene rings is 1. The summed E-state index contributed by atoms with van der Waals surface area (Å²) in [6.07, 6.45) is -0.191. The summed E-state index contributed by atoms with van der Waals surface area (Å²) in [4.78, 5) is 4.16. The highest BCUT2D eigenvalue weighted by Gasteiger charge is 2.15. The zero-order chi connectivity index (χ0) is 14.0. The smallest absolute Gasteiger partial charge is 0.201 e. The number of nitrogens with zero attached hydrogens (tertiary/aromatic N) is 2. The van der Waals surface area contributed by atoms with Crippen LogP contribution in [0, 0.1) is 5.82 Å². The minimum atomic E-state index is -0.504. The number of hydrogen-bond acceptors (Lipinski definition) is 4. The Morgan fingerprint density at radius 1 is 1.47 bits per heavy atom. The number of fused-ring (bicyclic) bond motifs is 1. The number of nitrogen functional groups attached to an aromatic ring is 1. The molecule has 0 aliphatic heterocycles. The third kappa shape index (κ3) is 2.80. The van der Waals surface area contributed by atoms with E-state index in [0.29, 0.717) is 24.2 Å². The number of hydrogen-bond donors (Lipinski definition) is 1. The molecular weight excluding hydrogens is 273 g/mol. The summed E-state index contributed by atoms with van der Waals surface area (Å²) in [5.41, 5.74) is 6.98. The predicted molar refractivity (Wildman–Crippen MR) is 71.8 cm³/mol. The number of imidazole rings is 1. The Balaban J connectivity index is 2.42. The predicted octanol–water partition coefficient (Wildman–Crippen LogP) is 2.07. The lowest BCUT2D eigenvalue weighted by Gasteiger charge is -2.16. The van der Waals surface area contributed by atoms with Gasteiger partial charge in [0, 0.05) is 20.3 Å². The average molecular weight is 288 g/mol. The molecule has 0 saturated carbocycles. The second kappa shape index (κ2) is 5.73. The Kier molecular flexibility index (Phi) is 4.24. The van der Waals surface area contributed by atoms with Gasteiger partial charge in [-0.1, -0.05) is 11.6 Å². The summed E-state index contributed by atoms with van der Waals surface area (Å²) >= 11 is 5.72. The molecular formula is C12H15ClFN3O2. The van der Waals surface area contributed by atoms with E-state index in [1.165, 1.54) is 12.1 Å². The molecule has 0 spiro atoms. The van der Waals surface area contributed by atoms with E-state index in [0.717, 1.165) is 0 Å². The van der Waals surface area contributed by atoms with Gasteiger partial charge in [-0.15, -0.1) is 0 Å².